The summed E-state index contributed by atoms with van der Waals surface area (Å²) in [7, 11) is 1.96. The van der Waals surface area contributed by atoms with Crippen LogP contribution in [0.25, 0.3) is 0 Å². The van der Waals surface area contributed by atoms with Crippen molar-refractivity contribution in [1.29, 1.82) is 0 Å². The van der Waals surface area contributed by atoms with E-state index >= 15 is 0 Å². The Hall–Kier alpha value is -0.240. The number of rotatable bonds is 4. The lowest BCUT2D eigenvalue weighted by Gasteiger charge is -2.24. The Kier molecular flexibility index (Phi) is 4.45. The van der Waals surface area contributed by atoms with Crippen molar-refractivity contribution in [3.05, 3.63) is 33.8 Å². The first-order valence-electron chi connectivity index (χ1n) is 5.04. The molecule has 15 heavy (non-hydrogen) atoms. The van der Waals surface area contributed by atoms with Crippen LogP contribution in [0.15, 0.2) is 18.2 Å². The van der Waals surface area contributed by atoms with E-state index in [2.05, 4.69) is 19.2 Å². The Morgan fingerprint density at radius 3 is 2.53 bits per heavy atom. The van der Waals surface area contributed by atoms with Crippen molar-refractivity contribution < 1.29 is 0 Å². The number of hydrogen-bond donors (Lipinski definition) is 1. The molecule has 3 heteroatoms. The molecule has 0 amide bonds. The minimum atomic E-state index is 0.184. The van der Waals surface area contributed by atoms with Gasteiger partial charge in [-0.1, -0.05) is 49.2 Å². The van der Waals surface area contributed by atoms with Crippen LogP contribution in [-0.2, 0) is 6.42 Å². The highest BCUT2D eigenvalue weighted by molar-refractivity contribution is 6.42. The third-order valence-electron chi connectivity index (χ3n) is 2.36. The molecule has 0 aliphatic heterocycles. The van der Waals surface area contributed by atoms with Crippen molar-refractivity contribution in [1.82, 2.24) is 5.32 Å². The number of halogens is 2. The quantitative estimate of drug-likeness (QED) is 0.852. The Morgan fingerprint density at radius 2 is 1.93 bits per heavy atom. The molecule has 0 fully saturated rings. The van der Waals surface area contributed by atoms with E-state index in [0.29, 0.717) is 10.0 Å². The van der Waals surface area contributed by atoms with Gasteiger partial charge in [-0.05, 0) is 30.5 Å². The van der Waals surface area contributed by atoms with Gasteiger partial charge in [0.1, 0.15) is 0 Å². The van der Waals surface area contributed by atoms with Crippen molar-refractivity contribution in [3.8, 4) is 0 Å². The zero-order valence-electron chi connectivity index (χ0n) is 9.40. The zero-order chi connectivity index (χ0) is 11.5. The maximum atomic E-state index is 6.15. The standard InChI is InChI=1S/C12H17Cl2N/c1-12(2,8-15-3)7-9-5-4-6-10(13)11(9)14/h4-6,15H,7-8H2,1-3H3. The monoisotopic (exact) mass is 245 g/mol. The topological polar surface area (TPSA) is 12.0 Å². The van der Waals surface area contributed by atoms with Crippen LogP contribution in [0.5, 0.6) is 0 Å². The molecule has 0 saturated carbocycles. The molecular formula is C12H17Cl2N. The lowest BCUT2D eigenvalue weighted by Crippen LogP contribution is -2.28. The van der Waals surface area contributed by atoms with Crippen LogP contribution in [0.1, 0.15) is 19.4 Å². The van der Waals surface area contributed by atoms with E-state index in [4.69, 9.17) is 23.2 Å². The first kappa shape index (κ1) is 12.8. The van der Waals surface area contributed by atoms with Crippen molar-refractivity contribution in [2.24, 2.45) is 5.41 Å². The van der Waals surface area contributed by atoms with Crippen LogP contribution >= 0.6 is 23.2 Å². The summed E-state index contributed by atoms with van der Waals surface area (Å²) in [6.07, 6.45) is 0.924. The molecule has 0 spiro atoms. The Labute approximate surface area is 102 Å². The number of hydrogen-bond acceptors (Lipinski definition) is 1. The van der Waals surface area contributed by atoms with Crippen LogP contribution < -0.4 is 5.32 Å². The van der Waals surface area contributed by atoms with Gasteiger partial charge < -0.3 is 5.32 Å². The molecule has 1 aromatic carbocycles. The van der Waals surface area contributed by atoms with Gasteiger partial charge in [0.25, 0.3) is 0 Å². The largest absolute Gasteiger partial charge is 0.319 e. The third-order valence-corrected chi connectivity index (χ3v) is 3.21. The average molecular weight is 246 g/mol. The Morgan fingerprint density at radius 1 is 1.27 bits per heavy atom. The van der Waals surface area contributed by atoms with Crippen molar-refractivity contribution >= 4 is 23.2 Å². The molecule has 0 radical (unpaired) electrons. The summed E-state index contributed by atoms with van der Waals surface area (Å²) in [6, 6.07) is 5.79. The highest BCUT2D eigenvalue weighted by Gasteiger charge is 2.19. The maximum Gasteiger partial charge on any atom is 0.0624 e. The highest BCUT2D eigenvalue weighted by Crippen LogP contribution is 2.30. The smallest absolute Gasteiger partial charge is 0.0624 e. The van der Waals surface area contributed by atoms with Gasteiger partial charge in [0.15, 0.2) is 0 Å². The molecule has 0 heterocycles. The van der Waals surface area contributed by atoms with Crippen LogP contribution in [0, 0.1) is 5.41 Å². The van der Waals surface area contributed by atoms with Gasteiger partial charge in [0.05, 0.1) is 10.0 Å². The lowest BCUT2D eigenvalue weighted by molar-refractivity contribution is 0.350. The molecule has 1 N–H and O–H groups in total. The summed E-state index contributed by atoms with van der Waals surface area (Å²) in [4.78, 5) is 0. The summed E-state index contributed by atoms with van der Waals surface area (Å²) in [5.41, 5.74) is 1.30. The summed E-state index contributed by atoms with van der Waals surface area (Å²) < 4.78 is 0. The molecule has 1 rings (SSSR count). The second-order valence-corrected chi connectivity index (χ2v) is 5.37. The van der Waals surface area contributed by atoms with Gasteiger partial charge in [-0.3, -0.25) is 0 Å². The third kappa shape index (κ3) is 3.67. The van der Waals surface area contributed by atoms with Crippen molar-refractivity contribution in [2.45, 2.75) is 20.3 Å². The minimum absolute atomic E-state index is 0.184. The predicted molar refractivity (Wildman–Crippen MR) is 67.9 cm³/mol. The first-order chi connectivity index (χ1) is 6.96. The van der Waals surface area contributed by atoms with Crippen LogP contribution in [0.4, 0.5) is 0 Å². The molecule has 0 aliphatic rings. The molecule has 0 aromatic heterocycles. The predicted octanol–water partition coefficient (Wildman–Crippen LogP) is 3.78. The lowest BCUT2D eigenvalue weighted by atomic mass is 9.86. The summed E-state index contributed by atoms with van der Waals surface area (Å²) in [5, 5.41) is 4.50. The van der Waals surface area contributed by atoms with Gasteiger partial charge >= 0.3 is 0 Å². The molecule has 0 atom stereocenters. The SMILES string of the molecule is CNCC(C)(C)Cc1cccc(Cl)c1Cl. The summed E-state index contributed by atoms with van der Waals surface area (Å²) in [5.74, 6) is 0. The van der Waals surface area contributed by atoms with Gasteiger partial charge in [0, 0.05) is 6.54 Å². The van der Waals surface area contributed by atoms with Gasteiger partial charge in [0.2, 0.25) is 0 Å². The van der Waals surface area contributed by atoms with Crippen LogP contribution in [0.3, 0.4) is 0 Å². The molecule has 1 aromatic rings. The first-order valence-corrected chi connectivity index (χ1v) is 5.79. The van der Waals surface area contributed by atoms with E-state index in [1.54, 1.807) is 0 Å². The molecule has 84 valence electrons. The summed E-state index contributed by atoms with van der Waals surface area (Å²) in [6.45, 7) is 5.37. The second-order valence-electron chi connectivity index (χ2n) is 4.58. The maximum absolute atomic E-state index is 6.15. The van der Waals surface area contributed by atoms with E-state index in [-0.39, 0.29) is 5.41 Å². The minimum Gasteiger partial charge on any atom is -0.319 e. The normalized spacial score (nSPS) is 11.8. The average Bonchev–Trinajstić information content (AvgIpc) is 2.12. The highest BCUT2D eigenvalue weighted by atomic mass is 35.5. The van der Waals surface area contributed by atoms with Gasteiger partial charge in [-0.15, -0.1) is 0 Å². The van der Waals surface area contributed by atoms with E-state index in [9.17, 15) is 0 Å². The molecule has 0 unspecified atom stereocenters. The van der Waals surface area contributed by atoms with E-state index in [1.165, 1.54) is 0 Å². The molecule has 0 saturated heterocycles. The fourth-order valence-electron chi connectivity index (χ4n) is 1.74. The molecular weight excluding hydrogens is 229 g/mol. The number of benzene rings is 1. The van der Waals surface area contributed by atoms with Gasteiger partial charge in [-0.2, -0.15) is 0 Å². The Balaban J connectivity index is 2.85. The molecule has 1 nitrogen and oxygen atoms in total. The fourth-order valence-corrected chi connectivity index (χ4v) is 2.13. The van der Waals surface area contributed by atoms with Gasteiger partial charge in [-0.25, -0.2) is 0 Å². The van der Waals surface area contributed by atoms with Crippen molar-refractivity contribution in [3.63, 3.8) is 0 Å². The van der Waals surface area contributed by atoms with E-state index in [0.717, 1.165) is 18.5 Å². The van der Waals surface area contributed by atoms with Crippen LogP contribution in [0.2, 0.25) is 10.0 Å². The summed E-state index contributed by atoms with van der Waals surface area (Å²) >= 11 is 12.1. The van der Waals surface area contributed by atoms with Crippen LogP contribution in [-0.4, -0.2) is 13.6 Å². The number of nitrogens with one attached hydrogen (secondary N) is 1. The fraction of sp³-hybridized carbons (Fsp3) is 0.500. The Bertz CT molecular complexity index is 334. The zero-order valence-corrected chi connectivity index (χ0v) is 10.9. The molecule has 0 bridgehead atoms. The second kappa shape index (κ2) is 5.20. The van der Waals surface area contributed by atoms with E-state index in [1.807, 2.05) is 25.2 Å². The van der Waals surface area contributed by atoms with E-state index < -0.39 is 0 Å². The molecule has 0 aliphatic carbocycles. The van der Waals surface area contributed by atoms with Crippen molar-refractivity contribution in [2.75, 3.05) is 13.6 Å².